The van der Waals surface area contributed by atoms with Crippen molar-refractivity contribution >= 4 is 35.6 Å². The van der Waals surface area contributed by atoms with Crippen LogP contribution in [0.2, 0.25) is 0 Å². The molecule has 13 N–H and O–H groups in total. The lowest BCUT2D eigenvalue weighted by atomic mass is 10.0. The van der Waals surface area contributed by atoms with Crippen LogP contribution in [0.3, 0.4) is 0 Å². The predicted octanol–water partition coefficient (Wildman–Crippen LogP) is -4.57. The van der Waals surface area contributed by atoms with Gasteiger partial charge < -0.3 is 49.1 Å². The highest BCUT2D eigenvalue weighted by atomic mass is 16.4. The molecule has 0 aromatic carbocycles. The fourth-order valence-electron chi connectivity index (χ4n) is 2.57. The third-order valence-corrected chi connectivity index (χ3v) is 4.39. The zero-order valence-electron chi connectivity index (χ0n) is 18.6. The fraction of sp³-hybridized carbons (Fsp3) is 0.667. The first-order valence-electron chi connectivity index (χ1n) is 10.1. The molecule has 0 aliphatic carbocycles. The van der Waals surface area contributed by atoms with Crippen molar-refractivity contribution < 1.29 is 34.2 Å². The van der Waals surface area contributed by atoms with Crippen LogP contribution in [-0.4, -0.2) is 83.1 Å². The smallest absolute Gasteiger partial charge is 0.326 e. The van der Waals surface area contributed by atoms with Crippen molar-refractivity contribution in [2.24, 2.45) is 33.8 Å². The molecule has 0 aliphatic heterocycles. The summed E-state index contributed by atoms with van der Waals surface area (Å²) in [5.41, 5.74) is 21.3. The zero-order valence-corrected chi connectivity index (χ0v) is 18.6. The number of hydrogen-bond acceptors (Lipinski definition) is 8. The lowest BCUT2D eigenvalue weighted by molar-refractivity contribution is -0.144. The summed E-state index contributed by atoms with van der Waals surface area (Å²) in [6.45, 7) is 2.48. The van der Waals surface area contributed by atoms with E-state index >= 15 is 0 Å². The van der Waals surface area contributed by atoms with E-state index in [1.807, 2.05) is 0 Å². The molecule has 33 heavy (non-hydrogen) atoms. The van der Waals surface area contributed by atoms with Gasteiger partial charge in [0.05, 0.1) is 19.1 Å². The second-order valence-electron chi connectivity index (χ2n) is 7.60. The van der Waals surface area contributed by atoms with Gasteiger partial charge >= 0.3 is 5.97 Å². The van der Waals surface area contributed by atoms with Crippen molar-refractivity contribution in [1.82, 2.24) is 16.0 Å². The summed E-state index contributed by atoms with van der Waals surface area (Å²) in [6.07, 6.45) is -0.0741. The molecule has 15 heteroatoms. The summed E-state index contributed by atoms with van der Waals surface area (Å²) in [6, 6.07) is -5.34. The minimum absolute atomic E-state index is 0.114. The van der Waals surface area contributed by atoms with Gasteiger partial charge in [0.1, 0.15) is 18.1 Å². The number of nitrogens with two attached hydrogens (primary N) is 4. The maximum Gasteiger partial charge on any atom is 0.326 e. The third-order valence-electron chi connectivity index (χ3n) is 4.39. The highest BCUT2D eigenvalue weighted by molar-refractivity contribution is 5.96. The van der Waals surface area contributed by atoms with Crippen molar-refractivity contribution in [3.63, 3.8) is 0 Å². The van der Waals surface area contributed by atoms with Crippen LogP contribution in [0.15, 0.2) is 4.99 Å². The molecule has 0 fully saturated rings. The number of aliphatic hydroxyl groups is 1. The first-order valence-corrected chi connectivity index (χ1v) is 10.1. The number of aliphatic imine (C=N–C) groups is 1. The molecule has 188 valence electrons. The first-order chi connectivity index (χ1) is 15.3. The average Bonchev–Trinajstić information content (AvgIpc) is 2.71. The van der Waals surface area contributed by atoms with Gasteiger partial charge in [0, 0.05) is 6.54 Å². The molecule has 4 amide bonds. The molecule has 4 unspecified atom stereocenters. The van der Waals surface area contributed by atoms with Crippen molar-refractivity contribution in [3.05, 3.63) is 0 Å². The molecule has 0 aromatic heterocycles. The van der Waals surface area contributed by atoms with Gasteiger partial charge in [0.25, 0.3) is 0 Å². The van der Waals surface area contributed by atoms with Gasteiger partial charge in [0.15, 0.2) is 5.96 Å². The molecule has 4 atom stereocenters. The Morgan fingerprint density at radius 3 is 1.91 bits per heavy atom. The van der Waals surface area contributed by atoms with Gasteiger partial charge in [0.2, 0.25) is 23.6 Å². The second-order valence-corrected chi connectivity index (χ2v) is 7.60. The summed E-state index contributed by atoms with van der Waals surface area (Å²) in [5, 5.41) is 25.3. The van der Waals surface area contributed by atoms with Crippen molar-refractivity contribution in [3.8, 4) is 0 Å². The predicted molar refractivity (Wildman–Crippen MR) is 117 cm³/mol. The number of primary amides is 1. The first kappa shape index (κ1) is 29.5. The van der Waals surface area contributed by atoms with Crippen LogP contribution in [-0.2, 0) is 24.0 Å². The average molecular weight is 475 g/mol. The number of nitrogens with one attached hydrogen (secondary N) is 3. The van der Waals surface area contributed by atoms with E-state index in [1.54, 1.807) is 13.8 Å². The molecule has 0 aromatic rings. The standard InChI is InChI=1S/C18H34N8O7/c1-8(2)13(17(32)33)26-16(31)11(7-27)25-15(30)10(6-12(20)28)24-14(29)9(19)4-3-5-23-18(21)22/h8-11,13,27H,3-7,19H2,1-2H3,(H2,20,28)(H,24,29)(H,25,30)(H,26,31)(H,32,33)(H4,21,22,23). The van der Waals surface area contributed by atoms with Gasteiger partial charge in [-0.1, -0.05) is 13.8 Å². The van der Waals surface area contributed by atoms with Gasteiger partial charge in [-0.05, 0) is 18.8 Å². The van der Waals surface area contributed by atoms with Crippen molar-refractivity contribution in [2.75, 3.05) is 13.2 Å². The zero-order chi connectivity index (χ0) is 25.7. The largest absolute Gasteiger partial charge is 0.480 e. The molecule has 0 saturated carbocycles. The lowest BCUT2D eigenvalue weighted by Crippen LogP contribution is -2.59. The number of carbonyl (C=O) groups is 5. The molecule has 0 rings (SSSR count). The summed E-state index contributed by atoms with van der Waals surface area (Å²) in [4.78, 5) is 63.6. The lowest BCUT2D eigenvalue weighted by Gasteiger charge is -2.24. The highest BCUT2D eigenvalue weighted by Crippen LogP contribution is 2.03. The van der Waals surface area contributed by atoms with Gasteiger partial charge in [-0.3, -0.25) is 24.2 Å². The van der Waals surface area contributed by atoms with Crippen LogP contribution in [0, 0.1) is 5.92 Å². The number of carboxylic acids is 1. The SMILES string of the molecule is CC(C)C(NC(=O)C(CO)NC(=O)C(CC(N)=O)NC(=O)C(N)CCCN=C(N)N)C(=O)O. The van der Waals surface area contributed by atoms with E-state index < -0.39 is 72.7 Å². The van der Waals surface area contributed by atoms with E-state index in [0.717, 1.165) is 0 Å². The minimum atomic E-state index is -1.54. The van der Waals surface area contributed by atoms with Crippen molar-refractivity contribution in [2.45, 2.75) is 57.3 Å². The van der Waals surface area contributed by atoms with Crippen LogP contribution >= 0.6 is 0 Å². The Morgan fingerprint density at radius 2 is 1.45 bits per heavy atom. The van der Waals surface area contributed by atoms with Gasteiger partial charge in [-0.15, -0.1) is 0 Å². The number of aliphatic carboxylic acids is 1. The van der Waals surface area contributed by atoms with E-state index in [0.29, 0.717) is 6.42 Å². The normalized spacial score (nSPS) is 14.3. The molecule has 0 bridgehead atoms. The monoisotopic (exact) mass is 474 g/mol. The van der Waals surface area contributed by atoms with Crippen LogP contribution in [0.5, 0.6) is 0 Å². The Morgan fingerprint density at radius 1 is 0.909 bits per heavy atom. The van der Waals surface area contributed by atoms with E-state index in [1.165, 1.54) is 0 Å². The minimum Gasteiger partial charge on any atom is -0.480 e. The maximum absolute atomic E-state index is 12.6. The number of nitrogens with zero attached hydrogens (tertiary/aromatic N) is 1. The molecule has 15 nitrogen and oxygen atoms in total. The Hall–Kier alpha value is -3.46. The number of amides is 4. The Labute approximate surface area is 190 Å². The van der Waals surface area contributed by atoms with Gasteiger partial charge in [-0.2, -0.15) is 0 Å². The molecule has 0 heterocycles. The fourth-order valence-corrected chi connectivity index (χ4v) is 2.57. The topological polar surface area (TPSA) is 278 Å². The van der Waals surface area contributed by atoms with E-state index in [4.69, 9.17) is 22.9 Å². The Balaban J connectivity index is 5.16. The number of hydrogen-bond donors (Lipinski definition) is 9. The summed E-state index contributed by atoms with van der Waals surface area (Å²) < 4.78 is 0. The number of guanidine groups is 1. The van der Waals surface area contributed by atoms with Crippen LogP contribution in [0.1, 0.15) is 33.1 Å². The molecule has 0 aliphatic rings. The van der Waals surface area contributed by atoms with Crippen LogP contribution < -0.4 is 38.9 Å². The molecular formula is C18H34N8O7. The molecule has 0 spiro atoms. The third kappa shape index (κ3) is 11.6. The van der Waals surface area contributed by atoms with E-state index in [-0.39, 0.29) is 18.9 Å². The van der Waals surface area contributed by atoms with Crippen molar-refractivity contribution in [1.29, 1.82) is 0 Å². The Bertz CT molecular complexity index is 739. The number of rotatable bonds is 15. The van der Waals surface area contributed by atoms with Crippen LogP contribution in [0.25, 0.3) is 0 Å². The molecule has 0 radical (unpaired) electrons. The summed E-state index contributed by atoms with van der Waals surface area (Å²) in [7, 11) is 0. The Kier molecular flexibility index (Phi) is 13.0. The van der Waals surface area contributed by atoms with E-state index in [9.17, 15) is 34.2 Å². The van der Waals surface area contributed by atoms with Crippen LogP contribution in [0.4, 0.5) is 0 Å². The number of carboxylic acid groups (broad SMARTS) is 1. The quantitative estimate of drug-likeness (QED) is 0.0622. The molecule has 0 saturated heterocycles. The van der Waals surface area contributed by atoms with Gasteiger partial charge in [-0.25, -0.2) is 4.79 Å². The highest BCUT2D eigenvalue weighted by Gasteiger charge is 2.31. The summed E-state index contributed by atoms with van der Waals surface area (Å²) in [5.74, 6) is -5.54. The summed E-state index contributed by atoms with van der Waals surface area (Å²) >= 11 is 0. The molecular weight excluding hydrogens is 440 g/mol. The maximum atomic E-state index is 12.6. The number of aliphatic hydroxyl groups excluding tert-OH is 1. The second kappa shape index (κ2) is 14.6. The number of carbonyl (C=O) groups excluding carboxylic acids is 4. The van der Waals surface area contributed by atoms with E-state index in [2.05, 4.69) is 20.9 Å².